The first-order valence-corrected chi connectivity index (χ1v) is 9.51. The molecule has 2 heterocycles. The highest BCUT2D eigenvalue weighted by molar-refractivity contribution is 5.94. The Labute approximate surface area is 163 Å². The molecule has 0 unspecified atom stereocenters. The van der Waals surface area contributed by atoms with Gasteiger partial charge in [-0.15, -0.1) is 0 Å². The number of carbonyl (C=O) groups is 2. The van der Waals surface area contributed by atoms with Gasteiger partial charge in [-0.1, -0.05) is 13.3 Å². The number of unbranched alkanes of at least 4 members (excludes halogenated alkanes) is 1. The third kappa shape index (κ3) is 5.32. The lowest BCUT2D eigenvalue weighted by molar-refractivity contribution is -0.0531. The fourth-order valence-corrected chi connectivity index (χ4v) is 2.67. The number of hydrogen-bond acceptors (Lipinski definition) is 8. The van der Waals surface area contributed by atoms with Gasteiger partial charge in [-0.25, -0.2) is 9.59 Å². The van der Waals surface area contributed by atoms with E-state index in [0.717, 1.165) is 6.42 Å². The second-order valence-electron chi connectivity index (χ2n) is 6.02. The van der Waals surface area contributed by atoms with Gasteiger partial charge in [0.05, 0.1) is 39.6 Å². The molecule has 156 valence electrons. The van der Waals surface area contributed by atoms with Gasteiger partial charge in [-0.3, -0.25) is 4.79 Å². The molecule has 0 aliphatic carbocycles. The summed E-state index contributed by atoms with van der Waals surface area (Å²) in [5, 5.41) is 0. The molecule has 1 aliphatic rings. The Morgan fingerprint density at radius 1 is 1.11 bits per heavy atom. The van der Waals surface area contributed by atoms with E-state index in [1.807, 2.05) is 6.92 Å². The smallest absolute Gasteiger partial charge is 0.359 e. The molecule has 9 heteroatoms. The average molecular weight is 397 g/mol. The molecule has 0 atom stereocenters. The van der Waals surface area contributed by atoms with Gasteiger partial charge in [0.2, 0.25) is 5.43 Å². The van der Waals surface area contributed by atoms with Crippen LogP contribution < -0.4 is 10.2 Å². The zero-order valence-corrected chi connectivity index (χ0v) is 16.5. The minimum atomic E-state index is -0.787. The Kier molecular flexibility index (Phi) is 8.46. The number of ether oxygens (including phenoxy) is 5. The molecule has 1 aliphatic heterocycles. The number of carbonyl (C=O) groups excluding carboxylic acids is 2. The van der Waals surface area contributed by atoms with Crippen LogP contribution in [0.5, 0.6) is 5.75 Å². The van der Waals surface area contributed by atoms with Crippen molar-refractivity contribution in [3.63, 3.8) is 0 Å². The van der Waals surface area contributed by atoms with Crippen LogP contribution in [0.2, 0.25) is 0 Å². The predicted molar refractivity (Wildman–Crippen MR) is 98.7 cm³/mol. The standard InChI is InChI=1S/C19H27NO8/c1-4-7-8-28-17-15(19(23)25-6-3)20(12-14-26-9-10-27-14)11-13(16(17)21)18(22)24-5-2/h11,14H,4-10,12H2,1-3H3. The maximum atomic E-state index is 12.9. The zero-order chi connectivity index (χ0) is 20.5. The molecule has 0 radical (unpaired) electrons. The summed E-state index contributed by atoms with van der Waals surface area (Å²) in [6.45, 7) is 6.66. The highest BCUT2D eigenvalue weighted by atomic mass is 16.7. The van der Waals surface area contributed by atoms with E-state index < -0.39 is 23.7 Å². The summed E-state index contributed by atoms with van der Waals surface area (Å²) in [4.78, 5) is 37.8. The summed E-state index contributed by atoms with van der Waals surface area (Å²) in [6, 6.07) is 0. The summed E-state index contributed by atoms with van der Waals surface area (Å²) in [5.74, 6) is -1.74. The molecule has 1 saturated heterocycles. The Balaban J connectivity index is 2.57. The number of rotatable bonds is 10. The molecular formula is C19H27NO8. The van der Waals surface area contributed by atoms with Gasteiger partial charge in [-0.05, 0) is 20.3 Å². The third-order valence-electron chi connectivity index (χ3n) is 3.98. The van der Waals surface area contributed by atoms with Crippen LogP contribution in [0.1, 0.15) is 54.5 Å². The van der Waals surface area contributed by atoms with Crippen LogP contribution >= 0.6 is 0 Å². The number of nitrogens with zero attached hydrogens (tertiary/aromatic N) is 1. The highest BCUT2D eigenvalue weighted by Gasteiger charge is 2.29. The molecule has 0 saturated carbocycles. The van der Waals surface area contributed by atoms with Gasteiger partial charge < -0.3 is 28.3 Å². The van der Waals surface area contributed by atoms with Crippen molar-refractivity contribution in [3.05, 3.63) is 27.7 Å². The highest BCUT2D eigenvalue weighted by Crippen LogP contribution is 2.20. The normalized spacial score (nSPS) is 14.1. The molecule has 2 rings (SSSR count). The van der Waals surface area contributed by atoms with Crippen molar-refractivity contribution in [2.24, 2.45) is 0 Å². The fourth-order valence-electron chi connectivity index (χ4n) is 2.67. The van der Waals surface area contributed by atoms with Gasteiger partial charge in [-0.2, -0.15) is 0 Å². The van der Waals surface area contributed by atoms with E-state index in [9.17, 15) is 14.4 Å². The lowest BCUT2D eigenvalue weighted by atomic mass is 10.2. The minimum absolute atomic E-state index is 0.0740. The summed E-state index contributed by atoms with van der Waals surface area (Å²) in [7, 11) is 0. The first-order valence-electron chi connectivity index (χ1n) is 9.51. The Bertz CT molecular complexity index is 736. The first kappa shape index (κ1) is 21.9. The molecule has 0 N–H and O–H groups in total. The molecule has 1 aromatic heterocycles. The van der Waals surface area contributed by atoms with Gasteiger partial charge in [0.25, 0.3) is 0 Å². The molecule has 0 amide bonds. The Morgan fingerprint density at radius 2 is 1.75 bits per heavy atom. The van der Waals surface area contributed by atoms with Gasteiger partial charge in [0, 0.05) is 6.20 Å². The van der Waals surface area contributed by atoms with Crippen LogP contribution in [0.15, 0.2) is 11.0 Å². The maximum absolute atomic E-state index is 12.9. The molecule has 28 heavy (non-hydrogen) atoms. The van der Waals surface area contributed by atoms with E-state index in [1.54, 1.807) is 13.8 Å². The minimum Gasteiger partial charge on any atom is -0.487 e. The number of esters is 2. The average Bonchev–Trinajstić information content (AvgIpc) is 3.17. The van der Waals surface area contributed by atoms with Gasteiger partial charge in [0.1, 0.15) is 5.56 Å². The number of pyridine rings is 1. The van der Waals surface area contributed by atoms with E-state index >= 15 is 0 Å². The molecule has 0 spiro atoms. The summed E-state index contributed by atoms with van der Waals surface area (Å²) in [5.41, 5.74) is -1.00. The molecular weight excluding hydrogens is 370 g/mol. The third-order valence-corrected chi connectivity index (χ3v) is 3.98. The van der Waals surface area contributed by atoms with Crippen LogP contribution in [0.4, 0.5) is 0 Å². The van der Waals surface area contributed by atoms with Crippen molar-refractivity contribution >= 4 is 11.9 Å². The second kappa shape index (κ2) is 10.8. The Hall–Kier alpha value is -2.39. The van der Waals surface area contributed by atoms with Crippen molar-refractivity contribution in [2.45, 2.75) is 46.4 Å². The van der Waals surface area contributed by atoms with Crippen molar-refractivity contribution in [2.75, 3.05) is 33.0 Å². The van der Waals surface area contributed by atoms with Crippen LogP contribution in [-0.4, -0.2) is 55.8 Å². The van der Waals surface area contributed by atoms with Crippen molar-refractivity contribution in [3.8, 4) is 5.75 Å². The lowest BCUT2D eigenvalue weighted by Gasteiger charge is -2.20. The Morgan fingerprint density at radius 3 is 2.36 bits per heavy atom. The zero-order valence-electron chi connectivity index (χ0n) is 16.5. The van der Waals surface area contributed by atoms with Crippen molar-refractivity contribution in [1.82, 2.24) is 4.57 Å². The van der Waals surface area contributed by atoms with Crippen LogP contribution in [-0.2, 0) is 25.5 Å². The largest absolute Gasteiger partial charge is 0.487 e. The quantitative estimate of drug-likeness (QED) is 0.435. The molecule has 0 aromatic carbocycles. The monoisotopic (exact) mass is 397 g/mol. The van der Waals surface area contributed by atoms with Gasteiger partial charge in [0.15, 0.2) is 17.7 Å². The van der Waals surface area contributed by atoms with E-state index in [2.05, 4.69) is 0 Å². The maximum Gasteiger partial charge on any atom is 0.359 e. The van der Waals surface area contributed by atoms with Crippen molar-refractivity contribution < 1.29 is 33.3 Å². The molecule has 0 bridgehead atoms. The van der Waals surface area contributed by atoms with Crippen LogP contribution in [0.3, 0.4) is 0 Å². The SMILES string of the molecule is CCCCOc1c(C(=O)OCC)n(CC2OCCO2)cc(C(=O)OCC)c1=O. The number of hydrogen-bond donors (Lipinski definition) is 0. The van der Waals surface area contributed by atoms with Gasteiger partial charge >= 0.3 is 11.9 Å². The topological polar surface area (TPSA) is 102 Å². The first-order chi connectivity index (χ1) is 13.5. The molecule has 1 aromatic rings. The van der Waals surface area contributed by atoms with Crippen LogP contribution in [0.25, 0.3) is 0 Å². The second-order valence-corrected chi connectivity index (χ2v) is 6.02. The number of aromatic nitrogens is 1. The molecule has 1 fully saturated rings. The summed E-state index contributed by atoms with van der Waals surface area (Å²) >= 11 is 0. The van der Waals surface area contributed by atoms with E-state index in [0.29, 0.717) is 19.6 Å². The van der Waals surface area contributed by atoms with E-state index in [4.69, 9.17) is 23.7 Å². The lowest BCUT2D eigenvalue weighted by Crippen LogP contribution is -2.30. The predicted octanol–water partition coefficient (Wildman–Crippen LogP) is 1.75. The van der Waals surface area contributed by atoms with E-state index in [-0.39, 0.29) is 43.4 Å². The van der Waals surface area contributed by atoms with Crippen molar-refractivity contribution in [1.29, 1.82) is 0 Å². The summed E-state index contributed by atoms with van der Waals surface area (Å²) < 4.78 is 28.0. The fraction of sp³-hybridized carbons (Fsp3) is 0.632. The molecule has 9 nitrogen and oxygen atoms in total. The van der Waals surface area contributed by atoms with E-state index in [1.165, 1.54) is 10.8 Å². The van der Waals surface area contributed by atoms with Crippen LogP contribution in [0, 0.1) is 0 Å². The summed E-state index contributed by atoms with van der Waals surface area (Å²) in [6.07, 6.45) is 2.17.